The minimum absolute atomic E-state index is 0.0155. The highest BCUT2D eigenvalue weighted by molar-refractivity contribution is 6.36. The van der Waals surface area contributed by atoms with Crippen LogP contribution < -0.4 is 5.32 Å². The van der Waals surface area contributed by atoms with Gasteiger partial charge < -0.3 is 10.4 Å². The molecule has 0 aliphatic carbocycles. The number of rotatable bonds is 6. The Balaban J connectivity index is 2.86. The van der Waals surface area contributed by atoms with Crippen LogP contribution in [0.4, 0.5) is 0 Å². The fourth-order valence-corrected chi connectivity index (χ4v) is 2.18. The maximum Gasteiger partial charge on any atom is 0.306 e. The van der Waals surface area contributed by atoms with Gasteiger partial charge in [0.2, 0.25) is 0 Å². The number of carbonyl (C=O) groups excluding carboxylic acids is 2. The van der Waals surface area contributed by atoms with Crippen LogP contribution in [0.5, 0.6) is 0 Å². The number of amides is 1. The van der Waals surface area contributed by atoms with Gasteiger partial charge in [0.25, 0.3) is 5.91 Å². The first-order valence-corrected chi connectivity index (χ1v) is 6.97. The lowest BCUT2D eigenvalue weighted by Gasteiger charge is -2.18. The molecule has 1 amide bonds. The first-order chi connectivity index (χ1) is 9.72. The first kappa shape index (κ1) is 17.5. The smallest absolute Gasteiger partial charge is 0.306 e. The predicted octanol–water partition coefficient (Wildman–Crippen LogP) is 2.79. The Morgan fingerprint density at radius 1 is 1.29 bits per heavy atom. The van der Waals surface area contributed by atoms with E-state index in [1.165, 1.54) is 32.0 Å². The first-order valence-electron chi connectivity index (χ1n) is 6.21. The molecule has 1 rings (SSSR count). The highest BCUT2D eigenvalue weighted by Gasteiger charge is 2.24. The normalized spacial score (nSPS) is 13.3. The van der Waals surface area contributed by atoms with E-state index in [0.29, 0.717) is 5.02 Å². The molecule has 2 N–H and O–H groups in total. The van der Waals surface area contributed by atoms with E-state index >= 15 is 0 Å². The van der Waals surface area contributed by atoms with Gasteiger partial charge in [0.05, 0.1) is 22.5 Å². The third-order valence-corrected chi connectivity index (χ3v) is 3.53. The minimum atomic E-state index is -1.03. The van der Waals surface area contributed by atoms with E-state index in [4.69, 9.17) is 28.3 Å². The molecule has 21 heavy (non-hydrogen) atoms. The Labute approximate surface area is 132 Å². The summed E-state index contributed by atoms with van der Waals surface area (Å²) in [4.78, 5) is 34.5. The summed E-state index contributed by atoms with van der Waals surface area (Å²) in [6, 6.07) is 3.49. The number of Topliss-reactive ketones (excluding diaryl/α,β-unsaturated/α-hetero) is 1. The van der Waals surface area contributed by atoms with Gasteiger partial charge in [0.15, 0.2) is 5.78 Å². The molecule has 0 spiro atoms. The largest absolute Gasteiger partial charge is 0.481 e. The number of benzene rings is 1. The number of halogens is 2. The molecule has 0 fully saturated rings. The number of hydrogen-bond acceptors (Lipinski definition) is 3. The number of hydrogen-bond donors (Lipinski definition) is 2. The van der Waals surface area contributed by atoms with Crippen LogP contribution in [0.1, 0.15) is 30.6 Å². The zero-order valence-electron chi connectivity index (χ0n) is 11.5. The zero-order valence-corrected chi connectivity index (χ0v) is 13.0. The molecule has 0 bridgehead atoms. The lowest BCUT2D eigenvalue weighted by molar-refractivity contribution is -0.141. The van der Waals surface area contributed by atoms with Crippen LogP contribution in [0.15, 0.2) is 18.2 Å². The third-order valence-electron chi connectivity index (χ3n) is 2.98. The van der Waals surface area contributed by atoms with E-state index in [0.717, 1.165) is 0 Å². The third kappa shape index (κ3) is 5.02. The van der Waals surface area contributed by atoms with Crippen LogP contribution in [-0.2, 0) is 9.59 Å². The van der Waals surface area contributed by atoms with Gasteiger partial charge in [-0.15, -0.1) is 0 Å². The van der Waals surface area contributed by atoms with E-state index in [9.17, 15) is 14.4 Å². The molecule has 114 valence electrons. The Morgan fingerprint density at radius 2 is 1.90 bits per heavy atom. The van der Waals surface area contributed by atoms with Crippen molar-refractivity contribution in [3.63, 3.8) is 0 Å². The van der Waals surface area contributed by atoms with Crippen molar-refractivity contribution >= 4 is 40.9 Å². The second kappa shape index (κ2) is 7.43. The van der Waals surface area contributed by atoms with E-state index in [2.05, 4.69) is 5.32 Å². The maximum atomic E-state index is 12.1. The van der Waals surface area contributed by atoms with Crippen LogP contribution >= 0.6 is 23.2 Å². The Bertz CT molecular complexity index is 574. The van der Waals surface area contributed by atoms with E-state index in [1.54, 1.807) is 0 Å². The molecule has 0 aromatic heterocycles. The molecule has 0 aliphatic rings. The van der Waals surface area contributed by atoms with Crippen molar-refractivity contribution in [2.75, 3.05) is 0 Å². The molecule has 5 nitrogen and oxygen atoms in total. The number of aliphatic carboxylic acids is 1. The summed E-state index contributed by atoms with van der Waals surface area (Å²) in [5, 5.41) is 11.9. The Kier molecular flexibility index (Phi) is 6.18. The molecule has 7 heteroatoms. The van der Waals surface area contributed by atoms with Gasteiger partial charge in [0, 0.05) is 5.02 Å². The Morgan fingerprint density at radius 3 is 2.38 bits per heavy atom. The lowest BCUT2D eigenvalue weighted by atomic mass is 9.99. The Hall–Kier alpha value is -1.59. The van der Waals surface area contributed by atoms with Crippen molar-refractivity contribution in [2.45, 2.75) is 26.3 Å². The van der Waals surface area contributed by atoms with Crippen molar-refractivity contribution in [2.24, 2.45) is 5.92 Å². The molecule has 0 aliphatic heterocycles. The van der Waals surface area contributed by atoms with Gasteiger partial charge in [-0.3, -0.25) is 14.4 Å². The van der Waals surface area contributed by atoms with Crippen molar-refractivity contribution < 1.29 is 19.5 Å². The molecule has 2 atom stereocenters. The van der Waals surface area contributed by atoms with Gasteiger partial charge in [-0.2, -0.15) is 0 Å². The van der Waals surface area contributed by atoms with Gasteiger partial charge in [-0.1, -0.05) is 30.1 Å². The van der Waals surface area contributed by atoms with Crippen LogP contribution in [0.25, 0.3) is 0 Å². The molecule has 0 saturated carbocycles. The van der Waals surface area contributed by atoms with Crippen LogP contribution in [0.3, 0.4) is 0 Å². The fraction of sp³-hybridized carbons (Fsp3) is 0.357. The standard InChI is InChI=1S/C14H15Cl2NO4/c1-7(14(20)21)5-12(8(2)18)17-13(19)10-4-3-9(15)6-11(10)16/h3-4,6-7,12H,5H2,1-2H3,(H,17,19)(H,20,21). The van der Waals surface area contributed by atoms with Gasteiger partial charge in [-0.05, 0) is 31.5 Å². The summed E-state index contributed by atoms with van der Waals surface area (Å²) in [5.74, 6) is -2.64. The van der Waals surface area contributed by atoms with E-state index in [1.807, 2.05) is 0 Å². The van der Waals surface area contributed by atoms with Crippen LogP contribution in [-0.4, -0.2) is 28.8 Å². The number of ketones is 1. The van der Waals surface area contributed by atoms with Crippen molar-refractivity contribution in [3.8, 4) is 0 Å². The molecule has 1 aromatic carbocycles. The van der Waals surface area contributed by atoms with Gasteiger partial charge in [-0.25, -0.2) is 0 Å². The summed E-state index contributed by atoms with van der Waals surface area (Å²) in [5.41, 5.74) is 0.176. The number of nitrogens with one attached hydrogen (secondary N) is 1. The summed E-state index contributed by atoms with van der Waals surface area (Å²) >= 11 is 11.7. The topological polar surface area (TPSA) is 83.5 Å². The van der Waals surface area contributed by atoms with Crippen molar-refractivity contribution in [3.05, 3.63) is 33.8 Å². The quantitative estimate of drug-likeness (QED) is 0.839. The highest BCUT2D eigenvalue weighted by Crippen LogP contribution is 2.21. The average Bonchev–Trinajstić information content (AvgIpc) is 2.37. The molecule has 2 unspecified atom stereocenters. The summed E-state index contributed by atoms with van der Waals surface area (Å²) in [6.45, 7) is 2.77. The van der Waals surface area contributed by atoms with Gasteiger partial charge >= 0.3 is 5.97 Å². The molecular formula is C14H15Cl2NO4. The average molecular weight is 332 g/mol. The van der Waals surface area contributed by atoms with Crippen LogP contribution in [0.2, 0.25) is 10.0 Å². The van der Waals surface area contributed by atoms with Crippen LogP contribution in [0, 0.1) is 5.92 Å². The maximum absolute atomic E-state index is 12.1. The van der Waals surface area contributed by atoms with Crippen molar-refractivity contribution in [1.82, 2.24) is 5.32 Å². The molecule has 1 aromatic rings. The second-order valence-corrected chi connectivity index (χ2v) is 5.58. The number of carboxylic acid groups (broad SMARTS) is 1. The zero-order chi connectivity index (χ0) is 16.2. The fourth-order valence-electron chi connectivity index (χ4n) is 1.69. The predicted molar refractivity (Wildman–Crippen MR) is 79.8 cm³/mol. The summed E-state index contributed by atoms with van der Waals surface area (Å²) in [6.07, 6.45) is 0.0155. The van der Waals surface area contributed by atoms with E-state index < -0.39 is 23.8 Å². The summed E-state index contributed by atoms with van der Waals surface area (Å²) in [7, 11) is 0. The van der Waals surface area contributed by atoms with E-state index in [-0.39, 0.29) is 22.8 Å². The van der Waals surface area contributed by atoms with Crippen molar-refractivity contribution in [1.29, 1.82) is 0 Å². The number of carboxylic acids is 1. The lowest BCUT2D eigenvalue weighted by Crippen LogP contribution is -2.41. The highest BCUT2D eigenvalue weighted by atomic mass is 35.5. The SMILES string of the molecule is CC(=O)C(CC(C)C(=O)O)NC(=O)c1ccc(Cl)cc1Cl. The summed E-state index contributed by atoms with van der Waals surface area (Å²) < 4.78 is 0. The van der Waals surface area contributed by atoms with Gasteiger partial charge in [0.1, 0.15) is 0 Å². The minimum Gasteiger partial charge on any atom is -0.481 e. The molecule has 0 saturated heterocycles. The molecular weight excluding hydrogens is 317 g/mol. The number of carbonyl (C=O) groups is 3. The molecule has 0 radical (unpaired) electrons. The second-order valence-electron chi connectivity index (χ2n) is 4.74. The molecule has 0 heterocycles. The monoisotopic (exact) mass is 331 g/mol.